The van der Waals surface area contributed by atoms with Crippen LogP contribution in [0.25, 0.3) is 0 Å². The molecule has 0 unspecified atom stereocenters. The third-order valence-corrected chi connectivity index (χ3v) is 3.42. The fourth-order valence-electron chi connectivity index (χ4n) is 1.68. The summed E-state index contributed by atoms with van der Waals surface area (Å²) in [6.45, 7) is 9.06. The minimum atomic E-state index is -0.0460. The first-order valence-electron chi connectivity index (χ1n) is 6.97. The molecule has 3 heteroatoms. The summed E-state index contributed by atoms with van der Waals surface area (Å²) in [6, 6.07) is 9.82. The molecule has 1 N–H and O–H groups in total. The number of hydrogen-bond donors (Lipinski definition) is 1. The average molecular weight is 275 g/mol. The van der Waals surface area contributed by atoms with Crippen LogP contribution in [0.1, 0.15) is 33.3 Å². The Hall–Kier alpha value is -1.61. The van der Waals surface area contributed by atoms with Gasteiger partial charge in [0.2, 0.25) is 5.91 Å². The van der Waals surface area contributed by atoms with Crippen LogP contribution in [0, 0.1) is 5.41 Å². The fourth-order valence-corrected chi connectivity index (χ4v) is 1.68. The van der Waals surface area contributed by atoms with E-state index in [2.05, 4.69) is 20.8 Å². The summed E-state index contributed by atoms with van der Waals surface area (Å²) >= 11 is 0. The van der Waals surface area contributed by atoms with Crippen LogP contribution in [0.4, 0.5) is 0 Å². The molecule has 0 aliphatic rings. The van der Waals surface area contributed by atoms with Crippen LogP contribution in [0.5, 0.6) is 0 Å². The SMILES string of the molecule is C/C(=C/C(=O)N(CCO)Cc1ccccc1)C(C)(C)C. The Morgan fingerprint density at radius 3 is 2.35 bits per heavy atom. The Kier molecular flexibility index (Phi) is 5.96. The van der Waals surface area contributed by atoms with E-state index in [9.17, 15) is 4.79 Å². The molecular formula is C17H25NO2. The van der Waals surface area contributed by atoms with Crippen molar-refractivity contribution in [3.63, 3.8) is 0 Å². The quantitative estimate of drug-likeness (QED) is 0.839. The van der Waals surface area contributed by atoms with Crippen molar-refractivity contribution in [3.05, 3.63) is 47.5 Å². The van der Waals surface area contributed by atoms with Crippen molar-refractivity contribution in [1.82, 2.24) is 4.90 Å². The van der Waals surface area contributed by atoms with E-state index in [0.29, 0.717) is 13.1 Å². The van der Waals surface area contributed by atoms with E-state index in [-0.39, 0.29) is 17.9 Å². The Labute approximate surface area is 121 Å². The molecule has 0 spiro atoms. The number of hydrogen-bond acceptors (Lipinski definition) is 2. The summed E-state index contributed by atoms with van der Waals surface area (Å²) in [7, 11) is 0. The number of rotatable bonds is 5. The molecule has 1 aromatic rings. The van der Waals surface area contributed by atoms with Crippen molar-refractivity contribution in [1.29, 1.82) is 0 Å². The largest absolute Gasteiger partial charge is 0.395 e. The van der Waals surface area contributed by atoms with E-state index in [1.807, 2.05) is 37.3 Å². The molecule has 1 rings (SSSR count). The van der Waals surface area contributed by atoms with Crippen molar-refractivity contribution >= 4 is 5.91 Å². The van der Waals surface area contributed by atoms with E-state index in [1.54, 1.807) is 11.0 Å². The van der Waals surface area contributed by atoms with Crippen LogP contribution < -0.4 is 0 Å². The van der Waals surface area contributed by atoms with Crippen molar-refractivity contribution in [2.75, 3.05) is 13.2 Å². The van der Waals surface area contributed by atoms with Gasteiger partial charge in [-0.25, -0.2) is 0 Å². The summed E-state index contributed by atoms with van der Waals surface area (Å²) < 4.78 is 0. The Morgan fingerprint density at radius 1 is 1.25 bits per heavy atom. The first-order valence-corrected chi connectivity index (χ1v) is 6.97. The fraction of sp³-hybridized carbons (Fsp3) is 0.471. The maximum atomic E-state index is 12.3. The van der Waals surface area contributed by atoms with E-state index in [1.165, 1.54) is 0 Å². The summed E-state index contributed by atoms with van der Waals surface area (Å²) in [4.78, 5) is 14.0. The number of aliphatic hydroxyl groups excluding tert-OH is 1. The van der Waals surface area contributed by atoms with Crippen molar-refractivity contribution in [2.24, 2.45) is 5.41 Å². The van der Waals surface area contributed by atoms with Crippen LogP contribution in [-0.2, 0) is 11.3 Å². The zero-order valence-corrected chi connectivity index (χ0v) is 12.9. The molecule has 0 aliphatic heterocycles. The lowest BCUT2D eigenvalue weighted by Crippen LogP contribution is -2.32. The highest BCUT2D eigenvalue weighted by Crippen LogP contribution is 2.24. The molecule has 0 aromatic heterocycles. The summed E-state index contributed by atoms with van der Waals surface area (Å²) in [5, 5.41) is 9.14. The topological polar surface area (TPSA) is 40.5 Å². The van der Waals surface area contributed by atoms with Crippen LogP contribution in [-0.4, -0.2) is 29.1 Å². The molecule has 1 aromatic carbocycles. The van der Waals surface area contributed by atoms with E-state index in [0.717, 1.165) is 11.1 Å². The van der Waals surface area contributed by atoms with Crippen molar-refractivity contribution < 1.29 is 9.90 Å². The lowest BCUT2D eigenvalue weighted by atomic mass is 9.87. The summed E-state index contributed by atoms with van der Waals surface area (Å²) in [5.41, 5.74) is 2.09. The van der Waals surface area contributed by atoms with Gasteiger partial charge >= 0.3 is 0 Å². The normalized spacial score (nSPS) is 12.3. The molecule has 0 bridgehead atoms. The van der Waals surface area contributed by atoms with Crippen LogP contribution in [0.2, 0.25) is 0 Å². The minimum Gasteiger partial charge on any atom is -0.395 e. The predicted molar refractivity (Wildman–Crippen MR) is 82.2 cm³/mol. The van der Waals surface area contributed by atoms with Gasteiger partial charge in [-0.15, -0.1) is 0 Å². The lowest BCUT2D eigenvalue weighted by Gasteiger charge is -2.23. The van der Waals surface area contributed by atoms with E-state index >= 15 is 0 Å². The van der Waals surface area contributed by atoms with Gasteiger partial charge in [0, 0.05) is 19.2 Å². The van der Waals surface area contributed by atoms with Crippen molar-refractivity contribution in [2.45, 2.75) is 34.2 Å². The molecule has 110 valence electrons. The van der Waals surface area contributed by atoms with Gasteiger partial charge < -0.3 is 10.0 Å². The first-order chi connectivity index (χ1) is 9.34. The molecular weight excluding hydrogens is 250 g/mol. The van der Waals surface area contributed by atoms with Gasteiger partial charge in [0.05, 0.1) is 6.61 Å². The Bertz CT molecular complexity index is 458. The molecule has 0 heterocycles. The summed E-state index contributed by atoms with van der Waals surface area (Å²) in [6.07, 6.45) is 1.68. The number of amides is 1. The van der Waals surface area contributed by atoms with Gasteiger partial charge in [-0.05, 0) is 17.9 Å². The van der Waals surface area contributed by atoms with Gasteiger partial charge in [0.15, 0.2) is 0 Å². The third-order valence-electron chi connectivity index (χ3n) is 3.42. The highest BCUT2D eigenvalue weighted by Gasteiger charge is 2.17. The molecule has 0 saturated carbocycles. The van der Waals surface area contributed by atoms with Crippen molar-refractivity contribution in [3.8, 4) is 0 Å². The van der Waals surface area contributed by atoms with Crippen LogP contribution in [0.15, 0.2) is 42.0 Å². The molecule has 0 atom stereocenters. The summed E-state index contributed by atoms with van der Waals surface area (Å²) in [5.74, 6) is -0.0460. The molecule has 0 radical (unpaired) electrons. The Morgan fingerprint density at radius 2 is 1.85 bits per heavy atom. The van der Waals surface area contributed by atoms with Gasteiger partial charge in [0.1, 0.15) is 0 Å². The second kappa shape index (κ2) is 7.25. The highest BCUT2D eigenvalue weighted by atomic mass is 16.3. The monoisotopic (exact) mass is 275 g/mol. The second-order valence-electron chi connectivity index (χ2n) is 6.05. The lowest BCUT2D eigenvalue weighted by molar-refractivity contribution is -0.127. The molecule has 20 heavy (non-hydrogen) atoms. The standard InChI is InChI=1S/C17H25NO2/c1-14(17(2,3)4)12-16(20)18(10-11-19)13-15-8-6-5-7-9-15/h5-9,12,19H,10-11,13H2,1-4H3/b14-12-. The number of benzene rings is 1. The molecule has 1 amide bonds. The molecule has 3 nitrogen and oxygen atoms in total. The second-order valence-corrected chi connectivity index (χ2v) is 6.05. The average Bonchev–Trinajstić information content (AvgIpc) is 2.38. The third kappa shape index (κ3) is 5.17. The number of allylic oxidation sites excluding steroid dienone is 1. The number of carbonyl (C=O) groups is 1. The zero-order chi connectivity index (χ0) is 15.2. The van der Waals surface area contributed by atoms with E-state index in [4.69, 9.17) is 5.11 Å². The number of nitrogens with zero attached hydrogens (tertiary/aromatic N) is 1. The molecule has 0 saturated heterocycles. The first kappa shape index (κ1) is 16.4. The maximum Gasteiger partial charge on any atom is 0.246 e. The predicted octanol–water partition coefficient (Wildman–Crippen LogP) is 3.00. The van der Waals surface area contributed by atoms with E-state index < -0.39 is 0 Å². The van der Waals surface area contributed by atoms with Gasteiger partial charge in [-0.2, -0.15) is 0 Å². The van der Waals surface area contributed by atoms with Gasteiger partial charge in [-0.3, -0.25) is 4.79 Å². The Balaban J connectivity index is 2.83. The highest BCUT2D eigenvalue weighted by molar-refractivity contribution is 5.88. The number of carbonyl (C=O) groups excluding carboxylic acids is 1. The molecule has 0 fully saturated rings. The minimum absolute atomic E-state index is 0.0205. The van der Waals surface area contributed by atoms with Crippen LogP contribution in [0.3, 0.4) is 0 Å². The molecule has 0 aliphatic carbocycles. The maximum absolute atomic E-state index is 12.3. The van der Waals surface area contributed by atoms with Gasteiger partial charge in [-0.1, -0.05) is 56.7 Å². The van der Waals surface area contributed by atoms with Crippen LogP contribution >= 0.6 is 0 Å². The van der Waals surface area contributed by atoms with Gasteiger partial charge in [0.25, 0.3) is 0 Å². The number of aliphatic hydroxyl groups is 1. The zero-order valence-electron chi connectivity index (χ0n) is 12.9. The smallest absolute Gasteiger partial charge is 0.246 e.